The van der Waals surface area contributed by atoms with Gasteiger partial charge in [0.25, 0.3) is 0 Å². The van der Waals surface area contributed by atoms with Crippen LogP contribution in [0.25, 0.3) is 0 Å². The molecule has 1 saturated heterocycles. The van der Waals surface area contributed by atoms with Crippen molar-refractivity contribution in [2.24, 2.45) is 0 Å². The van der Waals surface area contributed by atoms with Crippen LogP contribution < -0.4 is 0 Å². The summed E-state index contributed by atoms with van der Waals surface area (Å²) in [6.07, 6.45) is 6.66. The first-order valence-electron chi connectivity index (χ1n) is 5.33. The highest BCUT2D eigenvalue weighted by Crippen LogP contribution is 2.20. The molecular formula is C10H17BN3. The molecule has 75 valence electrons. The fraction of sp³-hybridized carbons (Fsp3) is 0.700. The summed E-state index contributed by atoms with van der Waals surface area (Å²) in [6, 6.07) is 0.612. The Balaban J connectivity index is 2.04. The molecule has 0 saturated carbocycles. The van der Waals surface area contributed by atoms with Gasteiger partial charge in [-0.3, -0.25) is 0 Å². The SMILES string of the molecule is C[B]N1CCCC(n2cnc(C)c2)C1. The van der Waals surface area contributed by atoms with Crippen molar-refractivity contribution in [2.45, 2.75) is 32.6 Å². The van der Waals surface area contributed by atoms with Crippen LogP contribution in [0.5, 0.6) is 0 Å². The lowest BCUT2D eigenvalue weighted by molar-refractivity contribution is 0.271. The minimum atomic E-state index is 0.612. The van der Waals surface area contributed by atoms with Gasteiger partial charge < -0.3 is 9.38 Å². The fourth-order valence-electron chi connectivity index (χ4n) is 2.10. The standard InChI is InChI=1S/C10H17BN3/c1-9-6-13(8-12-9)10-4-3-5-14(7-10)11-2/h6,8,10H,3-5,7H2,1-2H3. The predicted molar refractivity (Wildman–Crippen MR) is 58.4 cm³/mol. The van der Waals surface area contributed by atoms with Gasteiger partial charge in [-0.05, 0) is 26.3 Å². The Kier molecular flexibility index (Phi) is 2.92. The maximum Gasteiger partial charge on any atom is 0.205 e. The third-order valence-electron chi connectivity index (χ3n) is 2.95. The third-order valence-corrected chi connectivity index (χ3v) is 2.95. The van der Waals surface area contributed by atoms with Crippen molar-refractivity contribution >= 4 is 7.41 Å². The molecule has 3 nitrogen and oxygen atoms in total. The van der Waals surface area contributed by atoms with Crippen LogP contribution in [0.4, 0.5) is 0 Å². The predicted octanol–water partition coefficient (Wildman–Crippen LogP) is 1.50. The molecule has 0 aromatic carbocycles. The van der Waals surface area contributed by atoms with Crippen LogP contribution in [-0.4, -0.2) is 34.9 Å². The molecule has 0 N–H and O–H groups in total. The van der Waals surface area contributed by atoms with E-state index in [-0.39, 0.29) is 0 Å². The van der Waals surface area contributed by atoms with Crippen molar-refractivity contribution in [2.75, 3.05) is 13.1 Å². The molecule has 1 unspecified atom stereocenters. The van der Waals surface area contributed by atoms with E-state index in [1.54, 1.807) is 0 Å². The molecule has 0 bridgehead atoms. The molecule has 2 rings (SSSR count). The maximum absolute atomic E-state index is 4.28. The number of piperidine rings is 1. The van der Waals surface area contributed by atoms with Crippen LogP contribution in [-0.2, 0) is 0 Å². The maximum atomic E-state index is 4.28. The van der Waals surface area contributed by atoms with Gasteiger partial charge in [-0.15, -0.1) is 0 Å². The highest BCUT2D eigenvalue weighted by molar-refractivity contribution is 6.29. The van der Waals surface area contributed by atoms with E-state index in [1.807, 2.05) is 13.3 Å². The lowest BCUT2D eigenvalue weighted by Crippen LogP contribution is -2.37. The first-order chi connectivity index (χ1) is 6.79. The van der Waals surface area contributed by atoms with E-state index < -0.39 is 0 Å². The molecular weight excluding hydrogens is 173 g/mol. The van der Waals surface area contributed by atoms with Gasteiger partial charge in [0.15, 0.2) is 0 Å². The van der Waals surface area contributed by atoms with E-state index >= 15 is 0 Å². The zero-order chi connectivity index (χ0) is 9.97. The summed E-state index contributed by atoms with van der Waals surface area (Å²) in [5.41, 5.74) is 1.11. The summed E-state index contributed by atoms with van der Waals surface area (Å²) in [5, 5.41) is 0. The van der Waals surface area contributed by atoms with Gasteiger partial charge in [0.05, 0.1) is 12.0 Å². The van der Waals surface area contributed by atoms with Crippen LogP contribution >= 0.6 is 0 Å². The van der Waals surface area contributed by atoms with Crippen molar-refractivity contribution in [3.8, 4) is 0 Å². The quantitative estimate of drug-likeness (QED) is 0.659. The minimum absolute atomic E-state index is 0.612. The van der Waals surface area contributed by atoms with E-state index in [4.69, 9.17) is 0 Å². The summed E-state index contributed by atoms with van der Waals surface area (Å²) in [4.78, 5) is 6.67. The Hall–Kier alpha value is -0.765. The zero-order valence-electron chi connectivity index (χ0n) is 8.98. The van der Waals surface area contributed by atoms with Crippen LogP contribution in [0.1, 0.15) is 24.6 Å². The zero-order valence-corrected chi connectivity index (χ0v) is 8.98. The smallest absolute Gasteiger partial charge is 0.205 e. The van der Waals surface area contributed by atoms with Gasteiger partial charge in [0.2, 0.25) is 7.41 Å². The van der Waals surface area contributed by atoms with E-state index in [9.17, 15) is 0 Å². The average molecular weight is 190 g/mol. The number of imidazole rings is 1. The van der Waals surface area contributed by atoms with E-state index in [0.717, 1.165) is 12.2 Å². The Morgan fingerprint density at radius 2 is 2.43 bits per heavy atom. The lowest BCUT2D eigenvalue weighted by atomic mass is 9.90. The normalized spacial score (nSPS) is 23.7. The van der Waals surface area contributed by atoms with E-state index in [0.29, 0.717) is 6.04 Å². The van der Waals surface area contributed by atoms with Crippen LogP contribution in [0.2, 0.25) is 6.82 Å². The van der Waals surface area contributed by atoms with Gasteiger partial charge in [-0.2, -0.15) is 0 Å². The molecule has 1 atom stereocenters. The molecule has 1 aromatic heterocycles. The molecule has 2 heterocycles. The largest absolute Gasteiger partial charge is 0.345 e. The van der Waals surface area contributed by atoms with Crippen molar-refractivity contribution < 1.29 is 0 Å². The number of hydrogen-bond donors (Lipinski definition) is 0. The Morgan fingerprint density at radius 1 is 1.57 bits per heavy atom. The average Bonchev–Trinajstić information content (AvgIpc) is 2.65. The summed E-state index contributed by atoms with van der Waals surface area (Å²) >= 11 is 0. The highest BCUT2D eigenvalue weighted by Gasteiger charge is 2.19. The molecule has 1 aromatic rings. The number of aryl methyl sites for hydroxylation is 1. The highest BCUT2D eigenvalue weighted by atomic mass is 15.1. The van der Waals surface area contributed by atoms with Crippen LogP contribution in [0, 0.1) is 6.92 Å². The Labute approximate surface area is 86.4 Å². The minimum Gasteiger partial charge on any atom is -0.345 e. The first kappa shape index (κ1) is 9.78. The first-order valence-corrected chi connectivity index (χ1v) is 5.33. The number of rotatable bonds is 2. The van der Waals surface area contributed by atoms with Gasteiger partial charge >= 0.3 is 0 Å². The lowest BCUT2D eigenvalue weighted by Gasteiger charge is -2.32. The summed E-state index contributed by atoms with van der Waals surface area (Å²) in [5.74, 6) is 0. The van der Waals surface area contributed by atoms with Crippen molar-refractivity contribution in [3.63, 3.8) is 0 Å². The fourth-order valence-corrected chi connectivity index (χ4v) is 2.10. The Morgan fingerprint density at radius 3 is 3.07 bits per heavy atom. The monoisotopic (exact) mass is 190 g/mol. The second kappa shape index (κ2) is 4.17. The van der Waals surface area contributed by atoms with Gasteiger partial charge in [-0.25, -0.2) is 4.98 Å². The van der Waals surface area contributed by atoms with E-state index in [2.05, 4.69) is 34.8 Å². The molecule has 0 amide bonds. The van der Waals surface area contributed by atoms with Crippen LogP contribution in [0.15, 0.2) is 12.5 Å². The second-order valence-corrected chi connectivity index (χ2v) is 4.01. The van der Waals surface area contributed by atoms with E-state index in [1.165, 1.54) is 19.4 Å². The Bertz CT molecular complexity index is 297. The van der Waals surface area contributed by atoms with Crippen molar-refractivity contribution in [1.29, 1.82) is 0 Å². The third kappa shape index (κ3) is 2.00. The molecule has 14 heavy (non-hydrogen) atoms. The molecule has 1 aliphatic heterocycles. The molecule has 4 heteroatoms. The second-order valence-electron chi connectivity index (χ2n) is 4.01. The van der Waals surface area contributed by atoms with Gasteiger partial charge in [-0.1, -0.05) is 6.82 Å². The molecule has 0 aliphatic carbocycles. The molecule has 0 spiro atoms. The summed E-state index contributed by atoms with van der Waals surface area (Å²) in [6.45, 7) is 6.50. The number of aromatic nitrogens is 2. The summed E-state index contributed by atoms with van der Waals surface area (Å²) < 4.78 is 2.25. The number of hydrogen-bond acceptors (Lipinski definition) is 2. The summed E-state index contributed by atoms with van der Waals surface area (Å²) in [7, 11) is 2.19. The molecule has 1 radical (unpaired) electrons. The van der Waals surface area contributed by atoms with Crippen LogP contribution in [0.3, 0.4) is 0 Å². The molecule has 1 fully saturated rings. The van der Waals surface area contributed by atoms with Gasteiger partial charge in [0, 0.05) is 18.8 Å². The topological polar surface area (TPSA) is 21.1 Å². The number of nitrogens with zero attached hydrogens (tertiary/aromatic N) is 3. The van der Waals surface area contributed by atoms with Crippen molar-refractivity contribution in [3.05, 3.63) is 18.2 Å². The molecule has 1 aliphatic rings. The van der Waals surface area contributed by atoms with Gasteiger partial charge in [0.1, 0.15) is 0 Å². The van der Waals surface area contributed by atoms with Crippen molar-refractivity contribution in [1.82, 2.24) is 14.4 Å².